The van der Waals surface area contributed by atoms with Gasteiger partial charge in [0.15, 0.2) is 11.6 Å². The zero-order valence-corrected chi connectivity index (χ0v) is 16.2. The summed E-state index contributed by atoms with van der Waals surface area (Å²) < 4.78 is 59.3. The van der Waals surface area contributed by atoms with E-state index >= 15 is 0 Å². The van der Waals surface area contributed by atoms with Crippen LogP contribution in [0.15, 0.2) is 39.9 Å². The lowest BCUT2D eigenvalue weighted by Gasteiger charge is -2.30. The lowest BCUT2D eigenvalue weighted by atomic mass is 10.00. The van der Waals surface area contributed by atoms with Gasteiger partial charge in [-0.25, -0.2) is 22.2 Å². The molecule has 0 aliphatic carbocycles. The van der Waals surface area contributed by atoms with Crippen LogP contribution in [-0.4, -0.2) is 46.0 Å². The Hall–Kier alpha value is -2.79. The second-order valence-electron chi connectivity index (χ2n) is 6.77. The molecule has 0 amide bonds. The van der Waals surface area contributed by atoms with Crippen LogP contribution < -0.4 is 0 Å². The van der Waals surface area contributed by atoms with E-state index in [1.54, 1.807) is 13.1 Å². The minimum atomic E-state index is -3.98. The van der Waals surface area contributed by atoms with Gasteiger partial charge < -0.3 is 4.42 Å². The summed E-state index contributed by atoms with van der Waals surface area (Å²) in [6, 6.07) is 2.55. The Balaban J connectivity index is 1.55. The highest BCUT2D eigenvalue weighted by atomic mass is 32.2. The number of nitrogens with zero attached hydrogens (tertiary/aromatic N) is 5. The van der Waals surface area contributed by atoms with Gasteiger partial charge in [0, 0.05) is 19.3 Å². The van der Waals surface area contributed by atoms with Gasteiger partial charge in [-0.2, -0.15) is 4.31 Å². The van der Waals surface area contributed by atoms with Crippen molar-refractivity contribution >= 4 is 10.0 Å². The summed E-state index contributed by atoms with van der Waals surface area (Å²) in [7, 11) is -3.98. The zero-order valence-electron chi connectivity index (χ0n) is 15.4. The molecule has 1 atom stereocenters. The molecule has 1 saturated heterocycles. The smallest absolute Gasteiger partial charge is 0.267 e. The van der Waals surface area contributed by atoms with E-state index in [9.17, 15) is 17.2 Å². The highest BCUT2D eigenvalue weighted by Crippen LogP contribution is 2.31. The third-order valence-corrected chi connectivity index (χ3v) is 6.56. The standard InChI is InChI=1S/C18H17F2N5O3S/c1-11-8-22-16(9-21-11)18-24-23-17(28-18)12-3-2-6-25(10-12)29(26,27)13-4-5-14(19)15(20)7-13/h4-5,7-9,12H,2-3,6,10H2,1H3/t12-/m0/s1. The van der Waals surface area contributed by atoms with E-state index in [0.717, 1.165) is 17.8 Å². The van der Waals surface area contributed by atoms with Gasteiger partial charge in [-0.15, -0.1) is 10.2 Å². The molecule has 0 spiro atoms. The average Bonchev–Trinajstić information content (AvgIpc) is 3.21. The third-order valence-electron chi connectivity index (χ3n) is 4.70. The highest BCUT2D eigenvalue weighted by Gasteiger charge is 2.33. The molecule has 3 aromatic rings. The molecule has 0 saturated carbocycles. The summed E-state index contributed by atoms with van der Waals surface area (Å²) >= 11 is 0. The molecule has 1 fully saturated rings. The Morgan fingerprint density at radius 3 is 2.69 bits per heavy atom. The van der Waals surface area contributed by atoms with Crippen LogP contribution in [0, 0.1) is 18.6 Å². The first-order chi connectivity index (χ1) is 13.8. The predicted octanol–water partition coefficient (Wildman–Crippen LogP) is 2.68. The van der Waals surface area contributed by atoms with Crippen molar-refractivity contribution in [2.45, 2.75) is 30.6 Å². The molecule has 152 valence electrons. The van der Waals surface area contributed by atoms with Crippen molar-refractivity contribution < 1.29 is 21.6 Å². The van der Waals surface area contributed by atoms with Gasteiger partial charge in [0.05, 0.1) is 22.7 Å². The Morgan fingerprint density at radius 2 is 1.97 bits per heavy atom. The van der Waals surface area contributed by atoms with Gasteiger partial charge in [-0.05, 0) is 38.0 Å². The highest BCUT2D eigenvalue weighted by molar-refractivity contribution is 7.89. The summed E-state index contributed by atoms with van der Waals surface area (Å²) in [5.74, 6) is -2.12. The van der Waals surface area contributed by atoms with Crippen molar-refractivity contribution in [3.63, 3.8) is 0 Å². The number of aryl methyl sites for hydroxylation is 1. The summed E-state index contributed by atoms with van der Waals surface area (Å²) in [5.41, 5.74) is 1.18. The second-order valence-corrected chi connectivity index (χ2v) is 8.70. The van der Waals surface area contributed by atoms with Crippen LogP contribution >= 0.6 is 0 Å². The fourth-order valence-corrected chi connectivity index (χ4v) is 4.69. The lowest BCUT2D eigenvalue weighted by molar-refractivity contribution is 0.286. The maximum absolute atomic E-state index is 13.5. The summed E-state index contributed by atoms with van der Waals surface area (Å²) in [6.45, 7) is 2.17. The number of piperidine rings is 1. The first-order valence-corrected chi connectivity index (χ1v) is 10.4. The normalized spacial score (nSPS) is 18.1. The Bertz CT molecular complexity index is 1130. The Kier molecular flexibility index (Phi) is 5.09. The average molecular weight is 421 g/mol. The van der Waals surface area contributed by atoms with Gasteiger partial charge in [0.1, 0.15) is 5.69 Å². The molecule has 29 heavy (non-hydrogen) atoms. The van der Waals surface area contributed by atoms with Crippen molar-refractivity contribution in [2.24, 2.45) is 0 Å². The van der Waals surface area contributed by atoms with Crippen LogP contribution in [-0.2, 0) is 10.0 Å². The van der Waals surface area contributed by atoms with Crippen LogP contribution in [0.4, 0.5) is 8.78 Å². The molecule has 0 unspecified atom stereocenters. The molecule has 1 aliphatic heterocycles. The molecular weight excluding hydrogens is 404 g/mol. The van der Waals surface area contributed by atoms with Gasteiger partial charge in [0.2, 0.25) is 15.9 Å². The maximum Gasteiger partial charge on any atom is 0.267 e. The molecule has 4 rings (SSSR count). The SMILES string of the molecule is Cc1cnc(-c2nnc([C@H]3CCCN(S(=O)(=O)c4ccc(F)c(F)c4)C3)o2)cn1. The number of aromatic nitrogens is 4. The van der Waals surface area contributed by atoms with Gasteiger partial charge in [-0.3, -0.25) is 4.98 Å². The summed E-state index contributed by atoms with van der Waals surface area (Å²) in [4.78, 5) is 8.02. The minimum absolute atomic E-state index is 0.0997. The predicted molar refractivity (Wildman–Crippen MR) is 97.2 cm³/mol. The largest absolute Gasteiger partial charge is 0.419 e. The van der Waals surface area contributed by atoms with Crippen molar-refractivity contribution in [3.8, 4) is 11.6 Å². The van der Waals surface area contributed by atoms with Crippen molar-refractivity contribution in [1.82, 2.24) is 24.5 Å². The monoisotopic (exact) mass is 421 g/mol. The molecular formula is C18H17F2N5O3S. The van der Waals surface area contributed by atoms with E-state index < -0.39 is 21.7 Å². The van der Waals surface area contributed by atoms with Crippen LogP contribution in [0.1, 0.15) is 30.3 Å². The number of halogens is 2. The van der Waals surface area contributed by atoms with Gasteiger partial charge >= 0.3 is 0 Å². The molecule has 0 N–H and O–H groups in total. The van der Waals surface area contributed by atoms with Crippen molar-refractivity contribution in [3.05, 3.63) is 53.8 Å². The van der Waals surface area contributed by atoms with E-state index in [0.29, 0.717) is 30.5 Å². The topological polar surface area (TPSA) is 102 Å². The zero-order chi connectivity index (χ0) is 20.6. The number of hydrogen-bond donors (Lipinski definition) is 0. The molecule has 8 nitrogen and oxygen atoms in total. The second kappa shape index (κ2) is 7.56. The first kappa shape index (κ1) is 19.5. The van der Waals surface area contributed by atoms with Crippen LogP contribution in [0.5, 0.6) is 0 Å². The fourth-order valence-electron chi connectivity index (χ4n) is 3.15. The van der Waals surface area contributed by atoms with E-state index in [2.05, 4.69) is 20.2 Å². The first-order valence-electron chi connectivity index (χ1n) is 8.92. The number of sulfonamides is 1. The molecule has 11 heteroatoms. The van der Waals surface area contributed by atoms with E-state index in [1.165, 1.54) is 10.5 Å². The molecule has 3 heterocycles. The summed E-state index contributed by atoms with van der Waals surface area (Å²) in [6.07, 6.45) is 4.32. The molecule has 0 bridgehead atoms. The van der Waals surface area contributed by atoms with Crippen LogP contribution in [0.3, 0.4) is 0 Å². The van der Waals surface area contributed by atoms with E-state index in [4.69, 9.17) is 4.42 Å². The minimum Gasteiger partial charge on any atom is -0.419 e. The number of benzene rings is 1. The lowest BCUT2D eigenvalue weighted by Crippen LogP contribution is -2.39. The number of hydrogen-bond acceptors (Lipinski definition) is 7. The Morgan fingerprint density at radius 1 is 1.14 bits per heavy atom. The molecule has 1 aromatic carbocycles. The maximum atomic E-state index is 13.5. The van der Waals surface area contributed by atoms with Crippen molar-refractivity contribution in [1.29, 1.82) is 0 Å². The van der Waals surface area contributed by atoms with Gasteiger partial charge in [-0.1, -0.05) is 0 Å². The molecule has 2 aromatic heterocycles. The van der Waals surface area contributed by atoms with Crippen LogP contribution in [0.2, 0.25) is 0 Å². The fraction of sp³-hybridized carbons (Fsp3) is 0.333. The number of rotatable bonds is 4. The Labute approximate surface area is 165 Å². The van der Waals surface area contributed by atoms with Crippen molar-refractivity contribution in [2.75, 3.05) is 13.1 Å². The van der Waals surface area contributed by atoms with Crippen LogP contribution in [0.25, 0.3) is 11.6 Å². The molecule has 0 radical (unpaired) electrons. The van der Waals surface area contributed by atoms with Gasteiger partial charge in [0.25, 0.3) is 5.89 Å². The van der Waals surface area contributed by atoms with E-state index in [1.807, 2.05) is 0 Å². The summed E-state index contributed by atoms with van der Waals surface area (Å²) in [5, 5.41) is 8.02. The molecule has 1 aliphatic rings. The quantitative estimate of drug-likeness (QED) is 0.638. The third kappa shape index (κ3) is 3.87. The van der Waals surface area contributed by atoms with E-state index in [-0.39, 0.29) is 29.8 Å².